The quantitative estimate of drug-likeness (QED) is 0.847. The number of halogens is 1. The molecule has 0 saturated carbocycles. The standard InChI is InChI=1S/C14H13ClN2S/c1-17(10-13-3-2-6-18-13)9-12-5-4-11(8-16)7-14(12)15/h2-7H,9-10H2,1H3. The summed E-state index contributed by atoms with van der Waals surface area (Å²) in [4.78, 5) is 3.54. The minimum Gasteiger partial charge on any atom is -0.297 e. The van der Waals surface area contributed by atoms with E-state index in [0.29, 0.717) is 10.6 Å². The predicted molar refractivity (Wildman–Crippen MR) is 75.7 cm³/mol. The first-order chi connectivity index (χ1) is 8.69. The van der Waals surface area contributed by atoms with Gasteiger partial charge in [-0.15, -0.1) is 11.3 Å². The van der Waals surface area contributed by atoms with Gasteiger partial charge in [-0.1, -0.05) is 23.7 Å². The minimum absolute atomic E-state index is 0.602. The van der Waals surface area contributed by atoms with Crippen molar-refractivity contribution in [2.24, 2.45) is 0 Å². The van der Waals surface area contributed by atoms with Crippen LogP contribution < -0.4 is 0 Å². The second-order valence-corrected chi connectivity index (χ2v) is 5.61. The molecule has 0 N–H and O–H groups in total. The Kier molecular flexibility index (Phi) is 4.38. The van der Waals surface area contributed by atoms with Crippen molar-refractivity contribution in [2.45, 2.75) is 13.1 Å². The van der Waals surface area contributed by atoms with Crippen LogP contribution in [0.4, 0.5) is 0 Å². The molecule has 92 valence electrons. The van der Waals surface area contributed by atoms with Crippen LogP contribution in [0.1, 0.15) is 16.0 Å². The number of thiophene rings is 1. The fourth-order valence-corrected chi connectivity index (χ4v) is 2.78. The van der Waals surface area contributed by atoms with E-state index in [1.54, 1.807) is 23.5 Å². The third-order valence-corrected chi connectivity index (χ3v) is 3.84. The van der Waals surface area contributed by atoms with Crippen LogP contribution in [-0.2, 0) is 13.1 Å². The first-order valence-electron chi connectivity index (χ1n) is 5.58. The van der Waals surface area contributed by atoms with Gasteiger partial charge in [0, 0.05) is 23.0 Å². The van der Waals surface area contributed by atoms with E-state index >= 15 is 0 Å². The Morgan fingerprint density at radius 2 is 2.17 bits per heavy atom. The van der Waals surface area contributed by atoms with Crippen molar-refractivity contribution in [3.05, 3.63) is 56.7 Å². The maximum absolute atomic E-state index is 8.79. The van der Waals surface area contributed by atoms with Crippen LogP contribution in [0.5, 0.6) is 0 Å². The van der Waals surface area contributed by atoms with E-state index in [1.165, 1.54) is 4.88 Å². The fraction of sp³-hybridized carbons (Fsp3) is 0.214. The number of rotatable bonds is 4. The van der Waals surface area contributed by atoms with Crippen LogP contribution in [0.2, 0.25) is 5.02 Å². The molecule has 1 heterocycles. The minimum atomic E-state index is 0.602. The van der Waals surface area contributed by atoms with Gasteiger partial charge in [0.25, 0.3) is 0 Å². The average Bonchev–Trinajstić information content (AvgIpc) is 2.84. The third kappa shape index (κ3) is 3.33. The average molecular weight is 277 g/mol. The molecule has 0 aliphatic rings. The molecule has 18 heavy (non-hydrogen) atoms. The molecule has 0 fully saturated rings. The molecule has 0 radical (unpaired) electrons. The molecule has 4 heteroatoms. The first-order valence-corrected chi connectivity index (χ1v) is 6.84. The van der Waals surface area contributed by atoms with Gasteiger partial charge in [-0.25, -0.2) is 0 Å². The lowest BCUT2D eigenvalue weighted by molar-refractivity contribution is 0.322. The molecule has 0 aliphatic heterocycles. The second kappa shape index (κ2) is 6.01. The van der Waals surface area contributed by atoms with Crippen molar-refractivity contribution in [2.75, 3.05) is 7.05 Å². The van der Waals surface area contributed by atoms with Gasteiger partial charge in [-0.2, -0.15) is 5.26 Å². The Labute approximate surface area is 116 Å². The molecule has 2 nitrogen and oxygen atoms in total. The molecule has 1 aromatic carbocycles. The van der Waals surface area contributed by atoms with E-state index < -0.39 is 0 Å². The van der Waals surface area contributed by atoms with Gasteiger partial charge in [0.1, 0.15) is 0 Å². The lowest BCUT2D eigenvalue weighted by Crippen LogP contribution is -2.16. The van der Waals surface area contributed by atoms with Crippen molar-refractivity contribution < 1.29 is 0 Å². The summed E-state index contributed by atoms with van der Waals surface area (Å²) >= 11 is 7.91. The second-order valence-electron chi connectivity index (χ2n) is 4.17. The maximum atomic E-state index is 8.79. The van der Waals surface area contributed by atoms with Crippen LogP contribution in [0.15, 0.2) is 35.7 Å². The summed E-state index contributed by atoms with van der Waals surface area (Å²) < 4.78 is 0. The molecule has 0 atom stereocenters. The number of hydrogen-bond donors (Lipinski definition) is 0. The molecule has 2 rings (SSSR count). The van der Waals surface area contributed by atoms with Crippen molar-refractivity contribution in [1.29, 1.82) is 5.26 Å². The van der Waals surface area contributed by atoms with Gasteiger partial charge in [-0.05, 0) is 36.2 Å². The van der Waals surface area contributed by atoms with Crippen molar-refractivity contribution in [3.63, 3.8) is 0 Å². The summed E-state index contributed by atoms with van der Waals surface area (Å²) in [6, 6.07) is 11.7. The van der Waals surface area contributed by atoms with E-state index in [1.807, 2.05) is 6.07 Å². The molecular formula is C14H13ClN2S. The Morgan fingerprint density at radius 1 is 1.33 bits per heavy atom. The van der Waals surface area contributed by atoms with E-state index in [-0.39, 0.29) is 0 Å². The summed E-state index contributed by atoms with van der Waals surface area (Å²) in [7, 11) is 2.06. The summed E-state index contributed by atoms with van der Waals surface area (Å²) in [6.07, 6.45) is 0. The molecule has 0 aliphatic carbocycles. The monoisotopic (exact) mass is 276 g/mol. The summed E-state index contributed by atoms with van der Waals surface area (Å²) in [5, 5.41) is 11.5. The molecule has 0 bridgehead atoms. The van der Waals surface area contributed by atoms with Crippen molar-refractivity contribution >= 4 is 22.9 Å². The summed E-state index contributed by atoms with van der Waals surface area (Å²) in [5.41, 5.74) is 1.65. The summed E-state index contributed by atoms with van der Waals surface area (Å²) in [6.45, 7) is 1.69. The zero-order chi connectivity index (χ0) is 13.0. The van der Waals surface area contributed by atoms with Gasteiger partial charge >= 0.3 is 0 Å². The molecule has 2 aromatic rings. The first kappa shape index (κ1) is 13.1. The van der Waals surface area contributed by atoms with Crippen LogP contribution in [0.3, 0.4) is 0 Å². The van der Waals surface area contributed by atoms with Gasteiger partial charge in [0.05, 0.1) is 11.6 Å². The van der Waals surface area contributed by atoms with Gasteiger partial charge in [0.2, 0.25) is 0 Å². The Balaban J connectivity index is 2.03. The number of benzene rings is 1. The highest BCUT2D eigenvalue weighted by atomic mass is 35.5. The van der Waals surface area contributed by atoms with Crippen molar-refractivity contribution in [1.82, 2.24) is 4.90 Å². The van der Waals surface area contributed by atoms with E-state index in [2.05, 4.69) is 35.5 Å². The van der Waals surface area contributed by atoms with Crippen LogP contribution in [-0.4, -0.2) is 11.9 Å². The van der Waals surface area contributed by atoms with Crippen LogP contribution >= 0.6 is 22.9 Å². The zero-order valence-corrected chi connectivity index (χ0v) is 11.6. The highest BCUT2D eigenvalue weighted by Crippen LogP contribution is 2.20. The van der Waals surface area contributed by atoms with Crippen molar-refractivity contribution in [3.8, 4) is 6.07 Å². The Bertz CT molecular complexity index is 558. The van der Waals surface area contributed by atoms with Crippen LogP contribution in [0, 0.1) is 11.3 Å². The maximum Gasteiger partial charge on any atom is 0.0992 e. The number of nitriles is 1. The predicted octanol–water partition coefficient (Wildman–Crippen LogP) is 3.91. The topological polar surface area (TPSA) is 27.0 Å². The number of nitrogens with zero attached hydrogens (tertiary/aromatic N) is 2. The highest BCUT2D eigenvalue weighted by Gasteiger charge is 2.06. The van der Waals surface area contributed by atoms with Gasteiger partial charge in [0.15, 0.2) is 0 Å². The normalized spacial score (nSPS) is 10.6. The van der Waals surface area contributed by atoms with E-state index in [4.69, 9.17) is 16.9 Å². The smallest absolute Gasteiger partial charge is 0.0992 e. The zero-order valence-electron chi connectivity index (χ0n) is 10.1. The molecule has 0 spiro atoms. The largest absolute Gasteiger partial charge is 0.297 e. The van der Waals surface area contributed by atoms with E-state index in [9.17, 15) is 0 Å². The lowest BCUT2D eigenvalue weighted by atomic mass is 10.1. The molecule has 0 saturated heterocycles. The molecule has 0 amide bonds. The molecular weight excluding hydrogens is 264 g/mol. The third-order valence-electron chi connectivity index (χ3n) is 2.63. The fourth-order valence-electron chi connectivity index (χ4n) is 1.76. The highest BCUT2D eigenvalue weighted by molar-refractivity contribution is 7.09. The van der Waals surface area contributed by atoms with Gasteiger partial charge in [-0.3, -0.25) is 4.90 Å². The number of hydrogen-bond acceptors (Lipinski definition) is 3. The lowest BCUT2D eigenvalue weighted by Gasteiger charge is -2.16. The van der Waals surface area contributed by atoms with E-state index in [0.717, 1.165) is 18.7 Å². The van der Waals surface area contributed by atoms with Gasteiger partial charge < -0.3 is 0 Å². The Morgan fingerprint density at radius 3 is 2.78 bits per heavy atom. The summed E-state index contributed by atoms with van der Waals surface area (Å²) in [5.74, 6) is 0. The molecule has 1 aromatic heterocycles. The van der Waals surface area contributed by atoms with Crippen LogP contribution in [0.25, 0.3) is 0 Å². The molecule has 0 unspecified atom stereocenters. The Hall–Kier alpha value is -1.34. The SMILES string of the molecule is CN(Cc1cccs1)Cc1ccc(C#N)cc1Cl.